The molecular weight excluding hydrogens is 358 g/mol. The zero-order chi connectivity index (χ0) is 20.3. The van der Waals surface area contributed by atoms with Crippen molar-refractivity contribution in [2.75, 3.05) is 6.61 Å². The normalized spacial score (nSPS) is 11.6. The van der Waals surface area contributed by atoms with Gasteiger partial charge in [0.1, 0.15) is 11.5 Å². The number of ketones is 1. The SMILES string of the molecule is CCOC(=O)C(=O)/C=C(\O)c1cn(Cc2cccc(C)c2)c2cccc(O)c12. The van der Waals surface area contributed by atoms with Gasteiger partial charge in [-0.15, -0.1) is 0 Å². The number of aromatic nitrogens is 1. The minimum absolute atomic E-state index is 0.0287. The fourth-order valence-corrected chi connectivity index (χ4v) is 3.13. The van der Waals surface area contributed by atoms with Gasteiger partial charge in [-0.05, 0) is 31.5 Å². The van der Waals surface area contributed by atoms with Crippen LogP contribution in [-0.4, -0.2) is 33.1 Å². The van der Waals surface area contributed by atoms with Crippen molar-refractivity contribution >= 4 is 28.4 Å². The van der Waals surface area contributed by atoms with E-state index >= 15 is 0 Å². The third-order valence-electron chi connectivity index (χ3n) is 4.34. The van der Waals surface area contributed by atoms with Gasteiger partial charge in [-0.2, -0.15) is 0 Å². The Kier molecular flexibility index (Phi) is 5.49. The Morgan fingerprint density at radius 3 is 2.64 bits per heavy atom. The van der Waals surface area contributed by atoms with E-state index in [1.807, 2.05) is 41.8 Å². The molecule has 0 spiro atoms. The van der Waals surface area contributed by atoms with E-state index in [4.69, 9.17) is 0 Å². The fourth-order valence-electron chi connectivity index (χ4n) is 3.13. The molecule has 0 amide bonds. The summed E-state index contributed by atoms with van der Waals surface area (Å²) in [6.07, 6.45) is 2.47. The summed E-state index contributed by atoms with van der Waals surface area (Å²) in [4.78, 5) is 23.4. The van der Waals surface area contributed by atoms with Gasteiger partial charge in [0.05, 0.1) is 17.5 Å². The van der Waals surface area contributed by atoms with Crippen LogP contribution in [0.25, 0.3) is 16.7 Å². The van der Waals surface area contributed by atoms with Crippen molar-refractivity contribution in [3.8, 4) is 5.75 Å². The fraction of sp³-hybridized carbons (Fsp3) is 0.182. The first-order valence-electron chi connectivity index (χ1n) is 8.89. The molecule has 6 nitrogen and oxygen atoms in total. The van der Waals surface area contributed by atoms with Gasteiger partial charge in [-0.25, -0.2) is 4.79 Å². The highest BCUT2D eigenvalue weighted by atomic mass is 16.5. The summed E-state index contributed by atoms with van der Waals surface area (Å²) in [6.45, 7) is 4.17. The standard InChI is InChI=1S/C22H21NO5/c1-3-28-22(27)20(26)11-19(25)16-13-23(12-15-7-4-6-14(2)10-15)17-8-5-9-18(24)21(16)17/h4-11,13,24-25H,3,12H2,1-2H3/b19-11-. The molecule has 0 aliphatic heterocycles. The summed E-state index contributed by atoms with van der Waals surface area (Å²) in [5, 5.41) is 21.2. The van der Waals surface area contributed by atoms with E-state index in [1.54, 1.807) is 19.2 Å². The second-order valence-corrected chi connectivity index (χ2v) is 6.45. The third kappa shape index (κ3) is 3.91. The first-order valence-corrected chi connectivity index (χ1v) is 8.89. The van der Waals surface area contributed by atoms with Crippen molar-refractivity contribution < 1.29 is 24.5 Å². The van der Waals surface area contributed by atoms with E-state index < -0.39 is 17.5 Å². The van der Waals surface area contributed by atoms with Crippen LogP contribution in [0.5, 0.6) is 5.75 Å². The molecule has 0 saturated carbocycles. The summed E-state index contributed by atoms with van der Waals surface area (Å²) in [7, 11) is 0. The Labute approximate surface area is 162 Å². The van der Waals surface area contributed by atoms with Gasteiger partial charge < -0.3 is 19.5 Å². The van der Waals surface area contributed by atoms with Gasteiger partial charge in [-0.1, -0.05) is 35.9 Å². The molecule has 28 heavy (non-hydrogen) atoms. The number of fused-ring (bicyclic) bond motifs is 1. The van der Waals surface area contributed by atoms with Crippen LogP contribution in [0.15, 0.2) is 54.7 Å². The van der Waals surface area contributed by atoms with Gasteiger partial charge in [0.2, 0.25) is 0 Å². The van der Waals surface area contributed by atoms with Crippen LogP contribution < -0.4 is 0 Å². The van der Waals surface area contributed by atoms with Crippen molar-refractivity contribution in [1.29, 1.82) is 0 Å². The molecular formula is C22H21NO5. The van der Waals surface area contributed by atoms with Crippen LogP contribution in [0.4, 0.5) is 0 Å². The van der Waals surface area contributed by atoms with E-state index in [2.05, 4.69) is 4.74 Å². The maximum absolute atomic E-state index is 11.9. The largest absolute Gasteiger partial charge is 0.507 e. The number of aliphatic hydroxyl groups is 1. The van der Waals surface area contributed by atoms with Crippen molar-refractivity contribution in [3.05, 3.63) is 71.4 Å². The van der Waals surface area contributed by atoms with Gasteiger partial charge >= 0.3 is 5.97 Å². The highest BCUT2D eigenvalue weighted by Gasteiger charge is 2.19. The molecule has 0 bridgehead atoms. The molecule has 0 fully saturated rings. The average Bonchev–Trinajstić information content (AvgIpc) is 3.02. The van der Waals surface area contributed by atoms with Crippen molar-refractivity contribution in [2.45, 2.75) is 20.4 Å². The summed E-state index contributed by atoms with van der Waals surface area (Å²) in [5.41, 5.74) is 3.14. The highest BCUT2D eigenvalue weighted by Crippen LogP contribution is 2.33. The number of aliphatic hydroxyl groups excluding tert-OH is 1. The molecule has 0 aliphatic carbocycles. The number of hydrogen-bond donors (Lipinski definition) is 2. The van der Waals surface area contributed by atoms with E-state index in [1.165, 1.54) is 6.07 Å². The minimum Gasteiger partial charge on any atom is -0.507 e. The van der Waals surface area contributed by atoms with Gasteiger partial charge in [0.15, 0.2) is 0 Å². The molecule has 1 aromatic heterocycles. The van der Waals surface area contributed by atoms with Gasteiger partial charge in [-0.3, -0.25) is 4.79 Å². The monoisotopic (exact) mass is 379 g/mol. The molecule has 144 valence electrons. The molecule has 0 unspecified atom stereocenters. The maximum Gasteiger partial charge on any atom is 0.379 e. The first-order chi connectivity index (χ1) is 13.4. The lowest BCUT2D eigenvalue weighted by Gasteiger charge is -2.06. The summed E-state index contributed by atoms with van der Waals surface area (Å²) in [6, 6.07) is 13.0. The van der Waals surface area contributed by atoms with Crippen LogP contribution in [0.1, 0.15) is 23.6 Å². The number of phenolic OH excluding ortho intramolecular Hbond substituents is 1. The van der Waals surface area contributed by atoms with E-state index in [0.29, 0.717) is 17.4 Å². The lowest BCUT2D eigenvalue weighted by molar-refractivity contribution is -0.151. The molecule has 0 aliphatic rings. The van der Waals surface area contributed by atoms with Crippen LogP contribution in [0.3, 0.4) is 0 Å². The molecule has 0 saturated heterocycles. The Balaban J connectivity index is 2.06. The lowest BCUT2D eigenvalue weighted by atomic mass is 10.1. The molecule has 1 heterocycles. The number of aryl methyl sites for hydroxylation is 1. The Hall–Kier alpha value is -3.54. The maximum atomic E-state index is 11.9. The number of carbonyl (C=O) groups excluding carboxylic acids is 2. The van der Waals surface area contributed by atoms with E-state index in [-0.39, 0.29) is 17.9 Å². The second kappa shape index (κ2) is 8.00. The number of rotatable bonds is 6. The number of esters is 1. The van der Waals surface area contributed by atoms with Crippen LogP contribution >= 0.6 is 0 Å². The van der Waals surface area contributed by atoms with Crippen molar-refractivity contribution in [2.24, 2.45) is 0 Å². The molecule has 3 rings (SSSR count). The van der Waals surface area contributed by atoms with E-state index in [9.17, 15) is 19.8 Å². The van der Waals surface area contributed by atoms with Gasteiger partial charge in [0.25, 0.3) is 5.78 Å². The number of ether oxygens (including phenoxy) is 1. The van der Waals surface area contributed by atoms with Crippen LogP contribution in [0, 0.1) is 6.92 Å². The third-order valence-corrected chi connectivity index (χ3v) is 4.34. The molecule has 2 N–H and O–H groups in total. The number of benzene rings is 2. The van der Waals surface area contributed by atoms with Gasteiger partial charge in [0, 0.05) is 24.4 Å². The van der Waals surface area contributed by atoms with Crippen molar-refractivity contribution in [3.63, 3.8) is 0 Å². The second-order valence-electron chi connectivity index (χ2n) is 6.45. The molecule has 6 heteroatoms. The Morgan fingerprint density at radius 1 is 1.18 bits per heavy atom. The molecule has 0 radical (unpaired) electrons. The number of hydrogen-bond acceptors (Lipinski definition) is 5. The number of nitrogens with zero attached hydrogens (tertiary/aromatic N) is 1. The predicted octanol–water partition coefficient (Wildman–Crippen LogP) is 3.73. The number of carbonyl (C=O) groups is 2. The number of aromatic hydroxyl groups is 1. The summed E-state index contributed by atoms with van der Waals surface area (Å²) < 4.78 is 6.52. The minimum atomic E-state index is -1.04. The van der Waals surface area contributed by atoms with Crippen LogP contribution in [-0.2, 0) is 20.9 Å². The zero-order valence-electron chi connectivity index (χ0n) is 15.7. The summed E-state index contributed by atoms with van der Waals surface area (Å²) in [5.74, 6) is -2.44. The first kappa shape index (κ1) is 19.2. The Bertz CT molecular complexity index is 1080. The number of phenols is 1. The smallest absolute Gasteiger partial charge is 0.379 e. The van der Waals surface area contributed by atoms with E-state index in [0.717, 1.165) is 17.2 Å². The average molecular weight is 379 g/mol. The quantitative estimate of drug-likeness (QED) is 0.295. The predicted molar refractivity (Wildman–Crippen MR) is 106 cm³/mol. The summed E-state index contributed by atoms with van der Waals surface area (Å²) >= 11 is 0. The molecule has 3 aromatic rings. The molecule has 2 aromatic carbocycles. The van der Waals surface area contributed by atoms with Crippen LogP contribution in [0.2, 0.25) is 0 Å². The topological polar surface area (TPSA) is 88.8 Å². The molecule has 0 atom stereocenters. The lowest BCUT2D eigenvalue weighted by Crippen LogP contribution is -2.15. The Morgan fingerprint density at radius 2 is 1.93 bits per heavy atom. The highest BCUT2D eigenvalue weighted by molar-refractivity contribution is 6.39. The van der Waals surface area contributed by atoms with Crippen molar-refractivity contribution in [1.82, 2.24) is 4.57 Å². The zero-order valence-corrected chi connectivity index (χ0v) is 15.7.